The van der Waals surface area contributed by atoms with E-state index in [4.69, 9.17) is 15.0 Å². The van der Waals surface area contributed by atoms with Crippen LogP contribution in [0.5, 0.6) is 0 Å². The first kappa shape index (κ1) is 32.9. The zero-order valence-electron chi connectivity index (χ0n) is 30.9. The van der Waals surface area contributed by atoms with Gasteiger partial charge in [0.2, 0.25) is 0 Å². The second kappa shape index (κ2) is 12.4. The van der Waals surface area contributed by atoms with E-state index in [0.29, 0.717) is 17.5 Å². The Hall–Kier alpha value is -6.69. The molecule has 5 heteroatoms. The van der Waals surface area contributed by atoms with Crippen molar-refractivity contribution in [3.05, 3.63) is 192 Å². The summed E-state index contributed by atoms with van der Waals surface area (Å²) in [6.45, 7) is 6.56. The molecule has 0 saturated heterocycles. The number of aliphatic hydroxyl groups is 1. The van der Waals surface area contributed by atoms with Crippen molar-refractivity contribution in [1.29, 1.82) is 0 Å². The van der Waals surface area contributed by atoms with E-state index >= 15 is 0 Å². The number of rotatable bonds is 6. The fourth-order valence-corrected chi connectivity index (χ4v) is 8.93. The number of anilines is 3. The largest absolute Gasteiger partial charge is 0.381 e. The molecule has 264 valence electrons. The molecule has 7 aromatic carbocycles. The molecule has 10 rings (SSSR count). The molecule has 2 aliphatic carbocycles. The normalized spacial score (nSPS) is 15.9. The van der Waals surface area contributed by atoms with Gasteiger partial charge in [0, 0.05) is 44.6 Å². The van der Waals surface area contributed by atoms with Crippen LogP contribution < -0.4 is 4.90 Å². The van der Waals surface area contributed by atoms with Gasteiger partial charge in [0.05, 0.1) is 5.69 Å². The molecular weight excluding hydrogens is 673 g/mol. The predicted octanol–water partition coefficient (Wildman–Crippen LogP) is 11.9. The van der Waals surface area contributed by atoms with E-state index < -0.39 is 11.0 Å². The van der Waals surface area contributed by atoms with Crippen molar-refractivity contribution in [1.82, 2.24) is 15.0 Å². The highest BCUT2D eigenvalue weighted by Crippen LogP contribution is 2.65. The monoisotopic (exact) mass is 710 g/mol. The van der Waals surface area contributed by atoms with E-state index in [9.17, 15) is 5.11 Å². The second-order valence-corrected chi connectivity index (χ2v) is 15.1. The van der Waals surface area contributed by atoms with E-state index in [2.05, 4.69) is 110 Å². The number of para-hydroxylation sites is 2. The smallest absolute Gasteiger partial charge is 0.165 e. The summed E-state index contributed by atoms with van der Waals surface area (Å²) >= 11 is 0. The zero-order valence-corrected chi connectivity index (χ0v) is 30.9. The SMILES string of the molecule is CC1(C)c2ccccc2-c2c(-c3nc(-c4ccccc4)nc(-c4ccccc4)n3)c3c(c(N(c4ccccc4)c4ccccc4)c21)C(C)(O)c1ccccc1-3. The molecule has 0 radical (unpaired) electrons. The molecule has 0 fully saturated rings. The van der Waals surface area contributed by atoms with Gasteiger partial charge in [-0.15, -0.1) is 0 Å². The minimum Gasteiger partial charge on any atom is -0.381 e. The molecule has 2 aliphatic rings. The third-order valence-corrected chi connectivity index (χ3v) is 11.4. The molecule has 55 heavy (non-hydrogen) atoms. The summed E-state index contributed by atoms with van der Waals surface area (Å²) in [5.74, 6) is 1.75. The molecule has 1 heterocycles. The van der Waals surface area contributed by atoms with Gasteiger partial charge in [0.1, 0.15) is 5.60 Å². The van der Waals surface area contributed by atoms with E-state index in [1.54, 1.807) is 0 Å². The summed E-state index contributed by atoms with van der Waals surface area (Å²) in [7, 11) is 0. The van der Waals surface area contributed by atoms with Gasteiger partial charge in [0.25, 0.3) is 0 Å². The van der Waals surface area contributed by atoms with Crippen LogP contribution in [-0.2, 0) is 11.0 Å². The molecule has 1 unspecified atom stereocenters. The Morgan fingerprint density at radius 3 is 1.35 bits per heavy atom. The molecule has 5 nitrogen and oxygen atoms in total. The van der Waals surface area contributed by atoms with Crippen LogP contribution in [0.4, 0.5) is 17.1 Å². The Kier molecular flexibility index (Phi) is 7.45. The minimum absolute atomic E-state index is 0.477. The van der Waals surface area contributed by atoms with E-state index in [1.807, 2.05) is 85.8 Å². The van der Waals surface area contributed by atoms with Gasteiger partial charge in [-0.05, 0) is 64.6 Å². The van der Waals surface area contributed by atoms with Crippen LogP contribution in [0.25, 0.3) is 56.4 Å². The lowest BCUT2D eigenvalue weighted by atomic mass is 9.77. The molecule has 1 N–H and O–H groups in total. The first-order chi connectivity index (χ1) is 26.8. The number of fused-ring (bicyclic) bond motifs is 6. The summed E-state index contributed by atoms with van der Waals surface area (Å²) in [5.41, 5.74) is 12.0. The average Bonchev–Trinajstić information content (AvgIpc) is 3.62. The van der Waals surface area contributed by atoms with E-state index in [0.717, 1.165) is 72.7 Å². The van der Waals surface area contributed by atoms with Gasteiger partial charge in [-0.25, -0.2) is 15.0 Å². The van der Waals surface area contributed by atoms with Crippen LogP contribution in [0.2, 0.25) is 0 Å². The predicted molar refractivity (Wildman–Crippen MR) is 222 cm³/mol. The van der Waals surface area contributed by atoms with Crippen LogP contribution >= 0.6 is 0 Å². The van der Waals surface area contributed by atoms with Crippen molar-refractivity contribution >= 4 is 17.1 Å². The molecule has 1 aromatic heterocycles. The molecule has 0 bridgehead atoms. The first-order valence-corrected chi connectivity index (χ1v) is 18.8. The average molecular weight is 711 g/mol. The van der Waals surface area contributed by atoms with Crippen molar-refractivity contribution in [3.63, 3.8) is 0 Å². The topological polar surface area (TPSA) is 62.1 Å². The number of hydrogen-bond donors (Lipinski definition) is 1. The lowest BCUT2D eigenvalue weighted by Gasteiger charge is -2.37. The maximum Gasteiger partial charge on any atom is 0.165 e. The molecule has 0 aliphatic heterocycles. The maximum atomic E-state index is 13.2. The number of aromatic nitrogens is 3. The summed E-state index contributed by atoms with van der Waals surface area (Å²) in [5, 5.41) is 13.2. The molecule has 0 saturated carbocycles. The van der Waals surface area contributed by atoms with Crippen LogP contribution in [0, 0.1) is 0 Å². The molecule has 0 amide bonds. The lowest BCUT2D eigenvalue weighted by Crippen LogP contribution is -2.27. The summed E-state index contributed by atoms with van der Waals surface area (Å²) < 4.78 is 0. The van der Waals surface area contributed by atoms with Crippen LogP contribution in [0.15, 0.2) is 170 Å². The van der Waals surface area contributed by atoms with Crippen molar-refractivity contribution in [2.75, 3.05) is 4.90 Å². The van der Waals surface area contributed by atoms with E-state index in [1.165, 1.54) is 5.56 Å². The van der Waals surface area contributed by atoms with Crippen molar-refractivity contribution < 1.29 is 5.11 Å². The van der Waals surface area contributed by atoms with Gasteiger partial charge in [-0.1, -0.05) is 159 Å². The van der Waals surface area contributed by atoms with Gasteiger partial charge < -0.3 is 10.0 Å². The summed E-state index contributed by atoms with van der Waals surface area (Å²) in [6, 6.07) is 58.2. The molecule has 8 aromatic rings. The number of nitrogens with zero attached hydrogens (tertiary/aromatic N) is 4. The van der Waals surface area contributed by atoms with Gasteiger partial charge in [-0.2, -0.15) is 0 Å². The standard InChI is InChI=1S/C50H38N4O/c1-49(2)38-30-18-16-28-36(38)40-42(48-52-46(32-20-8-4-9-21-32)51-47(53-48)33-22-10-5-11-23-33)41-37-29-17-19-31-39(37)50(3,55)44(41)45(43(40)49)54(34-24-12-6-13-25-34)35-26-14-7-15-27-35/h4-31,55H,1-3H3. The molecule has 1 atom stereocenters. The minimum atomic E-state index is -1.37. The van der Waals surface area contributed by atoms with Crippen LogP contribution in [0.1, 0.15) is 43.0 Å². The molecular formula is C50H38N4O. The Morgan fingerprint density at radius 1 is 0.418 bits per heavy atom. The third-order valence-electron chi connectivity index (χ3n) is 11.4. The summed E-state index contributed by atoms with van der Waals surface area (Å²) in [6.07, 6.45) is 0. The van der Waals surface area contributed by atoms with Crippen molar-refractivity contribution in [2.24, 2.45) is 0 Å². The fraction of sp³-hybridized carbons (Fsp3) is 0.100. The fourth-order valence-electron chi connectivity index (χ4n) is 8.93. The van der Waals surface area contributed by atoms with Gasteiger partial charge in [-0.3, -0.25) is 0 Å². The highest BCUT2D eigenvalue weighted by atomic mass is 16.3. The number of hydrogen-bond acceptors (Lipinski definition) is 5. The lowest BCUT2D eigenvalue weighted by molar-refractivity contribution is 0.108. The zero-order chi connectivity index (χ0) is 37.3. The van der Waals surface area contributed by atoms with Gasteiger partial charge >= 0.3 is 0 Å². The Morgan fingerprint density at radius 2 is 0.818 bits per heavy atom. The number of benzene rings is 7. The maximum absolute atomic E-state index is 13.2. The van der Waals surface area contributed by atoms with Crippen molar-refractivity contribution in [2.45, 2.75) is 31.8 Å². The molecule has 0 spiro atoms. The highest BCUT2D eigenvalue weighted by Gasteiger charge is 2.50. The Bertz CT molecular complexity index is 2560. The van der Waals surface area contributed by atoms with Gasteiger partial charge in [0.15, 0.2) is 17.5 Å². The highest BCUT2D eigenvalue weighted by molar-refractivity contribution is 6.08. The van der Waals surface area contributed by atoms with E-state index in [-0.39, 0.29) is 0 Å². The second-order valence-electron chi connectivity index (χ2n) is 15.1. The Balaban J connectivity index is 1.43. The Labute approximate surface area is 321 Å². The third kappa shape index (κ3) is 5.00. The van der Waals surface area contributed by atoms with Crippen LogP contribution in [-0.4, -0.2) is 20.1 Å². The van der Waals surface area contributed by atoms with Crippen molar-refractivity contribution in [3.8, 4) is 56.4 Å². The quantitative estimate of drug-likeness (QED) is 0.186. The van der Waals surface area contributed by atoms with Crippen LogP contribution in [0.3, 0.4) is 0 Å². The summed E-state index contributed by atoms with van der Waals surface area (Å²) in [4.78, 5) is 18.2. The first-order valence-electron chi connectivity index (χ1n) is 18.8.